The molecule has 32 heavy (non-hydrogen) atoms. The summed E-state index contributed by atoms with van der Waals surface area (Å²) in [4.78, 5) is 13.0. The van der Waals surface area contributed by atoms with Crippen molar-refractivity contribution >= 4 is 21.6 Å². The summed E-state index contributed by atoms with van der Waals surface area (Å²) in [5, 5.41) is 17.9. The van der Waals surface area contributed by atoms with Gasteiger partial charge >= 0.3 is 0 Å². The Bertz CT molecular complexity index is 985. The van der Waals surface area contributed by atoms with Gasteiger partial charge in [0.05, 0.1) is 35.4 Å². The molecule has 4 rings (SSSR count). The normalized spacial score (nSPS) is 31.1. The molecule has 3 N–H and O–H groups in total. The molecule has 3 fully saturated rings. The van der Waals surface area contributed by atoms with Gasteiger partial charge in [-0.3, -0.25) is 4.79 Å². The SMILES string of the molecule is CN(C)S(=O)(=O)c1ccc(NC2NN([C@@]3(CC#N)CCCOC3)C3CCNC(=O)C23)cc1. The highest BCUT2D eigenvalue weighted by Gasteiger charge is 2.54. The van der Waals surface area contributed by atoms with Crippen LogP contribution in [-0.4, -0.2) is 75.2 Å². The Balaban J connectivity index is 1.59. The van der Waals surface area contributed by atoms with Crippen molar-refractivity contribution < 1.29 is 17.9 Å². The number of piperidine rings is 1. The molecular formula is C21H30N6O4S. The number of rotatable bonds is 6. The molecule has 1 amide bonds. The smallest absolute Gasteiger partial charge is 0.242 e. The number of hydrogen-bond donors (Lipinski definition) is 3. The molecule has 3 unspecified atom stereocenters. The fourth-order valence-corrected chi connectivity index (χ4v) is 5.83. The minimum absolute atomic E-state index is 0.0376. The van der Waals surface area contributed by atoms with Crippen molar-refractivity contribution in [3.05, 3.63) is 24.3 Å². The highest BCUT2D eigenvalue weighted by atomic mass is 32.2. The van der Waals surface area contributed by atoms with Gasteiger partial charge in [0.25, 0.3) is 0 Å². The summed E-state index contributed by atoms with van der Waals surface area (Å²) in [5.41, 5.74) is 3.70. The Hall–Kier alpha value is -2.23. The van der Waals surface area contributed by atoms with Crippen molar-refractivity contribution in [3.8, 4) is 6.07 Å². The molecule has 0 spiro atoms. The molecular weight excluding hydrogens is 432 g/mol. The molecule has 10 nitrogen and oxygen atoms in total. The summed E-state index contributed by atoms with van der Waals surface area (Å²) in [5.74, 6) is -0.393. The van der Waals surface area contributed by atoms with Gasteiger partial charge in [-0.05, 0) is 43.5 Å². The first kappa shape index (κ1) is 22.9. The molecule has 1 aromatic carbocycles. The molecule has 0 bridgehead atoms. The molecule has 3 saturated heterocycles. The van der Waals surface area contributed by atoms with E-state index >= 15 is 0 Å². The number of ether oxygens (including phenoxy) is 1. The van der Waals surface area contributed by atoms with Crippen LogP contribution in [0.5, 0.6) is 0 Å². The number of nitrogens with one attached hydrogen (secondary N) is 3. The van der Waals surface area contributed by atoms with Crippen molar-refractivity contribution in [2.75, 3.05) is 39.2 Å². The fourth-order valence-electron chi connectivity index (χ4n) is 4.93. The Morgan fingerprint density at radius 2 is 2.09 bits per heavy atom. The van der Waals surface area contributed by atoms with Crippen molar-refractivity contribution in [1.29, 1.82) is 5.26 Å². The lowest BCUT2D eigenvalue weighted by Gasteiger charge is -2.46. The highest BCUT2D eigenvalue weighted by molar-refractivity contribution is 7.89. The highest BCUT2D eigenvalue weighted by Crippen LogP contribution is 2.38. The predicted octanol–water partition coefficient (Wildman–Crippen LogP) is 0.463. The fraction of sp³-hybridized carbons (Fsp3) is 0.619. The third-order valence-corrected chi connectivity index (χ3v) is 8.43. The zero-order valence-electron chi connectivity index (χ0n) is 18.4. The monoisotopic (exact) mass is 462 g/mol. The van der Waals surface area contributed by atoms with Gasteiger partial charge in [0.2, 0.25) is 15.9 Å². The first-order chi connectivity index (χ1) is 15.3. The summed E-state index contributed by atoms with van der Waals surface area (Å²) in [6.07, 6.45) is 2.38. The summed E-state index contributed by atoms with van der Waals surface area (Å²) in [6, 6.07) is 8.75. The number of carbonyl (C=O) groups is 1. The number of carbonyl (C=O) groups excluding carboxylic acids is 1. The van der Waals surface area contributed by atoms with Gasteiger partial charge in [-0.2, -0.15) is 5.26 Å². The predicted molar refractivity (Wildman–Crippen MR) is 118 cm³/mol. The number of hydrazine groups is 1. The molecule has 0 aromatic heterocycles. The second kappa shape index (κ2) is 8.96. The summed E-state index contributed by atoms with van der Waals surface area (Å²) in [6.45, 7) is 1.72. The molecule has 3 aliphatic rings. The number of benzene rings is 1. The van der Waals surface area contributed by atoms with Gasteiger partial charge in [-0.1, -0.05) is 0 Å². The molecule has 4 atom stereocenters. The number of hydrogen-bond acceptors (Lipinski definition) is 8. The van der Waals surface area contributed by atoms with E-state index in [-0.39, 0.29) is 22.8 Å². The first-order valence-corrected chi connectivity index (χ1v) is 12.3. The molecule has 174 valence electrons. The van der Waals surface area contributed by atoms with Gasteiger partial charge < -0.3 is 15.4 Å². The van der Waals surface area contributed by atoms with Crippen LogP contribution in [0.3, 0.4) is 0 Å². The van der Waals surface area contributed by atoms with Gasteiger partial charge in [-0.15, -0.1) is 0 Å². The number of nitriles is 1. The lowest BCUT2D eigenvalue weighted by molar-refractivity contribution is -0.130. The third-order valence-electron chi connectivity index (χ3n) is 6.60. The second-order valence-electron chi connectivity index (χ2n) is 8.82. The maximum absolute atomic E-state index is 12.8. The van der Waals surface area contributed by atoms with Crippen molar-refractivity contribution in [1.82, 2.24) is 20.1 Å². The minimum Gasteiger partial charge on any atom is -0.379 e. The molecule has 3 heterocycles. The lowest BCUT2D eigenvalue weighted by atomic mass is 9.84. The largest absolute Gasteiger partial charge is 0.379 e. The van der Waals surface area contributed by atoms with Crippen LogP contribution < -0.4 is 16.1 Å². The van der Waals surface area contributed by atoms with Crippen LogP contribution in [0.15, 0.2) is 29.2 Å². The number of nitrogens with zero attached hydrogens (tertiary/aromatic N) is 3. The lowest BCUT2D eigenvalue weighted by Crippen LogP contribution is -2.61. The Morgan fingerprint density at radius 1 is 1.34 bits per heavy atom. The molecule has 0 radical (unpaired) electrons. The Labute approximate surface area is 188 Å². The number of fused-ring (bicyclic) bond motifs is 1. The van der Waals surface area contributed by atoms with Gasteiger partial charge in [0, 0.05) is 39.0 Å². The zero-order valence-corrected chi connectivity index (χ0v) is 19.2. The van der Waals surface area contributed by atoms with Crippen molar-refractivity contribution in [3.63, 3.8) is 0 Å². The average Bonchev–Trinajstić information content (AvgIpc) is 3.15. The maximum Gasteiger partial charge on any atom is 0.242 e. The van der Waals surface area contributed by atoms with Crippen LogP contribution in [0.4, 0.5) is 5.69 Å². The van der Waals surface area contributed by atoms with E-state index in [0.29, 0.717) is 31.9 Å². The molecule has 0 aliphatic carbocycles. The molecule has 11 heteroatoms. The van der Waals surface area contributed by atoms with Crippen LogP contribution in [0.1, 0.15) is 25.7 Å². The van der Waals surface area contributed by atoms with E-state index in [1.165, 1.54) is 18.4 Å². The Morgan fingerprint density at radius 3 is 2.72 bits per heavy atom. The maximum atomic E-state index is 12.8. The average molecular weight is 463 g/mol. The Kier molecular flexibility index (Phi) is 6.42. The first-order valence-electron chi connectivity index (χ1n) is 10.9. The summed E-state index contributed by atoms with van der Waals surface area (Å²) in [7, 11) is -0.528. The molecule has 0 saturated carbocycles. The zero-order chi connectivity index (χ0) is 22.9. The van der Waals surface area contributed by atoms with Crippen molar-refractivity contribution in [2.45, 2.75) is 48.3 Å². The van der Waals surface area contributed by atoms with E-state index < -0.39 is 21.7 Å². The van der Waals surface area contributed by atoms with E-state index in [4.69, 9.17) is 4.74 Å². The van der Waals surface area contributed by atoms with Crippen molar-refractivity contribution in [2.24, 2.45) is 5.92 Å². The van der Waals surface area contributed by atoms with E-state index in [1.807, 2.05) is 0 Å². The van der Waals surface area contributed by atoms with Gasteiger partial charge in [0.1, 0.15) is 6.17 Å². The number of amides is 1. The topological polar surface area (TPSA) is 127 Å². The summed E-state index contributed by atoms with van der Waals surface area (Å²) >= 11 is 0. The summed E-state index contributed by atoms with van der Waals surface area (Å²) < 4.78 is 31.6. The quantitative estimate of drug-likeness (QED) is 0.557. The van der Waals surface area contributed by atoms with E-state index in [0.717, 1.165) is 19.3 Å². The third kappa shape index (κ3) is 4.09. The standard InChI is InChI=1S/C21H30N6O4S/c1-26(2)32(29,30)16-6-4-15(5-7-16)24-19-18-17(8-12-23-20(18)28)27(25-19)21(10-11-22)9-3-13-31-14-21/h4-7,17-19,24-25H,3,8-10,12-14H2,1-2H3,(H,23,28)/t17?,18?,19?,21-/m1/s1. The van der Waals surface area contributed by atoms with Gasteiger partial charge in [-0.25, -0.2) is 23.2 Å². The van der Waals surface area contributed by atoms with Crippen LogP contribution in [-0.2, 0) is 19.6 Å². The number of sulfonamides is 1. The van der Waals surface area contributed by atoms with Gasteiger partial charge in [0.15, 0.2) is 0 Å². The van der Waals surface area contributed by atoms with Crippen LogP contribution in [0.25, 0.3) is 0 Å². The van der Waals surface area contributed by atoms with Crippen LogP contribution >= 0.6 is 0 Å². The van der Waals surface area contributed by atoms with E-state index in [1.54, 1.807) is 24.3 Å². The molecule has 3 aliphatic heterocycles. The second-order valence-corrected chi connectivity index (χ2v) is 11.0. The van der Waals surface area contributed by atoms with E-state index in [2.05, 4.69) is 27.1 Å². The van der Waals surface area contributed by atoms with Crippen LogP contribution in [0, 0.1) is 17.2 Å². The number of anilines is 1. The van der Waals surface area contributed by atoms with Crippen LogP contribution in [0.2, 0.25) is 0 Å². The molecule has 1 aromatic rings. The minimum atomic E-state index is -3.51. The van der Waals surface area contributed by atoms with E-state index in [9.17, 15) is 18.5 Å².